The van der Waals surface area contributed by atoms with Crippen molar-refractivity contribution in [3.05, 3.63) is 72.1 Å². The molecule has 0 atom stereocenters. The second-order valence-corrected chi connectivity index (χ2v) is 6.89. The molecule has 0 aliphatic rings. The molecule has 0 spiro atoms. The van der Waals surface area contributed by atoms with Gasteiger partial charge in [0.05, 0.1) is 5.69 Å². The Morgan fingerprint density at radius 2 is 2.10 bits per heavy atom. The lowest BCUT2D eigenvalue weighted by Gasteiger charge is -2.11. The molecule has 3 heterocycles. The van der Waals surface area contributed by atoms with Crippen LogP contribution in [0.5, 0.6) is 0 Å². The van der Waals surface area contributed by atoms with Gasteiger partial charge >= 0.3 is 0 Å². The van der Waals surface area contributed by atoms with Crippen molar-refractivity contribution < 1.29 is 4.39 Å². The zero-order chi connectivity index (χ0) is 20.1. The fraction of sp³-hybridized carbons (Fsp3) is 0.273. The number of guanidine groups is 1. The maximum atomic E-state index is 13.3. The highest BCUT2D eigenvalue weighted by molar-refractivity contribution is 14.0. The molecule has 0 fully saturated rings. The predicted molar refractivity (Wildman–Crippen MR) is 130 cm³/mol. The first-order valence-corrected chi connectivity index (χ1v) is 9.93. The SMILES string of the molecule is CCNC(=NCCc1cn2ccccc2n1)NCCc1c[nH]c2cc(F)ccc12.I. The minimum absolute atomic E-state index is 0. The van der Waals surface area contributed by atoms with Crippen LogP contribution in [0.15, 0.2) is 60.0 Å². The monoisotopic (exact) mass is 520 g/mol. The summed E-state index contributed by atoms with van der Waals surface area (Å²) < 4.78 is 15.4. The van der Waals surface area contributed by atoms with Gasteiger partial charge in [-0.2, -0.15) is 0 Å². The molecule has 4 rings (SSSR count). The summed E-state index contributed by atoms with van der Waals surface area (Å²) in [4.78, 5) is 12.4. The van der Waals surface area contributed by atoms with Crippen molar-refractivity contribution in [1.29, 1.82) is 0 Å². The fourth-order valence-electron chi connectivity index (χ4n) is 3.41. The van der Waals surface area contributed by atoms with Gasteiger partial charge in [0, 0.05) is 55.5 Å². The van der Waals surface area contributed by atoms with E-state index in [-0.39, 0.29) is 29.8 Å². The number of pyridine rings is 1. The first-order chi connectivity index (χ1) is 14.2. The molecule has 158 valence electrons. The standard InChI is InChI=1S/C22H25FN6.HI/c1-2-24-22(26-11-9-18-15-29-12-4-3-5-21(29)28-18)25-10-8-16-14-27-20-13-17(23)6-7-19(16)20;/h3-7,12-15,27H,2,8-11H2,1H3,(H2,24,25,26);1H. The third-order valence-electron chi connectivity index (χ3n) is 4.81. The molecule has 4 aromatic rings. The van der Waals surface area contributed by atoms with E-state index in [1.165, 1.54) is 12.1 Å². The number of aromatic amines is 1. The molecule has 0 aliphatic carbocycles. The third kappa shape index (κ3) is 5.29. The number of halogens is 2. The van der Waals surface area contributed by atoms with E-state index < -0.39 is 0 Å². The molecular weight excluding hydrogens is 494 g/mol. The minimum Gasteiger partial charge on any atom is -0.361 e. The highest BCUT2D eigenvalue weighted by atomic mass is 127. The second kappa shape index (κ2) is 10.4. The van der Waals surface area contributed by atoms with E-state index in [2.05, 4.69) is 25.6 Å². The summed E-state index contributed by atoms with van der Waals surface area (Å²) in [6, 6.07) is 10.8. The van der Waals surface area contributed by atoms with Gasteiger partial charge in [-0.3, -0.25) is 4.99 Å². The van der Waals surface area contributed by atoms with Gasteiger partial charge in [0.1, 0.15) is 11.5 Å². The van der Waals surface area contributed by atoms with Gasteiger partial charge in [0.15, 0.2) is 5.96 Å². The van der Waals surface area contributed by atoms with Crippen molar-refractivity contribution in [2.45, 2.75) is 19.8 Å². The number of nitrogens with zero attached hydrogens (tertiary/aromatic N) is 3. The van der Waals surface area contributed by atoms with E-state index in [0.29, 0.717) is 6.54 Å². The van der Waals surface area contributed by atoms with E-state index in [9.17, 15) is 4.39 Å². The first-order valence-electron chi connectivity index (χ1n) is 9.93. The number of fused-ring (bicyclic) bond motifs is 2. The summed E-state index contributed by atoms with van der Waals surface area (Å²) in [7, 11) is 0. The van der Waals surface area contributed by atoms with Crippen molar-refractivity contribution in [2.24, 2.45) is 4.99 Å². The number of H-pyrrole nitrogens is 1. The Hall–Kier alpha value is -2.62. The molecule has 0 aliphatic heterocycles. The number of hydrogen-bond acceptors (Lipinski definition) is 2. The van der Waals surface area contributed by atoms with Crippen molar-refractivity contribution in [3.8, 4) is 0 Å². The number of rotatable bonds is 7. The Kier molecular flexibility index (Phi) is 7.67. The molecule has 0 unspecified atom stereocenters. The summed E-state index contributed by atoms with van der Waals surface area (Å²) in [5.41, 5.74) is 3.97. The Bertz CT molecular complexity index is 1100. The summed E-state index contributed by atoms with van der Waals surface area (Å²) in [6.07, 6.45) is 7.60. The lowest BCUT2D eigenvalue weighted by molar-refractivity contribution is 0.629. The van der Waals surface area contributed by atoms with Gasteiger partial charge < -0.3 is 20.0 Å². The fourth-order valence-corrected chi connectivity index (χ4v) is 3.41. The van der Waals surface area contributed by atoms with E-state index in [1.54, 1.807) is 0 Å². The molecule has 0 amide bonds. The van der Waals surface area contributed by atoms with E-state index in [4.69, 9.17) is 0 Å². The molecule has 8 heteroatoms. The minimum atomic E-state index is -0.226. The molecule has 3 aromatic heterocycles. The van der Waals surface area contributed by atoms with Crippen LogP contribution in [0, 0.1) is 5.82 Å². The van der Waals surface area contributed by atoms with Gasteiger partial charge in [-0.25, -0.2) is 9.37 Å². The molecule has 0 saturated heterocycles. The summed E-state index contributed by atoms with van der Waals surface area (Å²) in [5, 5.41) is 7.71. The summed E-state index contributed by atoms with van der Waals surface area (Å²) in [6.45, 7) is 4.25. The van der Waals surface area contributed by atoms with E-state index in [0.717, 1.165) is 59.7 Å². The zero-order valence-electron chi connectivity index (χ0n) is 16.9. The molecule has 1 aromatic carbocycles. The van der Waals surface area contributed by atoms with Crippen LogP contribution in [-0.4, -0.2) is 40.0 Å². The van der Waals surface area contributed by atoms with E-state index in [1.807, 2.05) is 54.2 Å². The highest BCUT2D eigenvalue weighted by Crippen LogP contribution is 2.19. The number of aliphatic imine (C=N–C) groups is 1. The number of nitrogens with one attached hydrogen (secondary N) is 3. The third-order valence-corrected chi connectivity index (χ3v) is 4.81. The van der Waals surface area contributed by atoms with Crippen molar-refractivity contribution in [3.63, 3.8) is 0 Å². The Balaban J connectivity index is 0.00000256. The molecule has 6 nitrogen and oxygen atoms in total. The van der Waals surface area contributed by atoms with Crippen molar-refractivity contribution >= 4 is 46.5 Å². The Morgan fingerprint density at radius 1 is 1.20 bits per heavy atom. The summed E-state index contributed by atoms with van der Waals surface area (Å²) >= 11 is 0. The number of imidazole rings is 1. The predicted octanol–water partition coefficient (Wildman–Crippen LogP) is 3.91. The van der Waals surface area contributed by atoms with Gasteiger partial charge in [-0.15, -0.1) is 24.0 Å². The maximum absolute atomic E-state index is 13.3. The zero-order valence-corrected chi connectivity index (χ0v) is 19.2. The average molecular weight is 520 g/mol. The van der Waals surface area contributed by atoms with Crippen molar-refractivity contribution in [2.75, 3.05) is 19.6 Å². The van der Waals surface area contributed by atoms with E-state index >= 15 is 0 Å². The van der Waals surface area contributed by atoms with Crippen LogP contribution in [0.2, 0.25) is 0 Å². The first kappa shape index (κ1) is 22.1. The molecule has 30 heavy (non-hydrogen) atoms. The van der Waals surface area contributed by atoms with Gasteiger partial charge in [-0.1, -0.05) is 6.07 Å². The van der Waals surface area contributed by atoms with Crippen LogP contribution < -0.4 is 10.6 Å². The van der Waals surface area contributed by atoms with Crippen LogP contribution in [0.3, 0.4) is 0 Å². The molecule has 0 bridgehead atoms. The topological polar surface area (TPSA) is 69.5 Å². The lowest BCUT2D eigenvalue weighted by Crippen LogP contribution is -2.38. The maximum Gasteiger partial charge on any atom is 0.191 e. The Labute approximate surface area is 192 Å². The second-order valence-electron chi connectivity index (χ2n) is 6.89. The van der Waals surface area contributed by atoms with Crippen LogP contribution in [0.25, 0.3) is 16.6 Å². The smallest absolute Gasteiger partial charge is 0.191 e. The van der Waals surface area contributed by atoms with Crippen LogP contribution >= 0.6 is 24.0 Å². The molecule has 3 N–H and O–H groups in total. The normalized spacial score (nSPS) is 11.6. The van der Waals surface area contributed by atoms with Gasteiger partial charge in [0.2, 0.25) is 0 Å². The number of benzene rings is 1. The van der Waals surface area contributed by atoms with Crippen LogP contribution in [0.1, 0.15) is 18.2 Å². The lowest BCUT2D eigenvalue weighted by atomic mass is 10.1. The largest absolute Gasteiger partial charge is 0.361 e. The quantitative estimate of drug-likeness (QED) is 0.197. The van der Waals surface area contributed by atoms with Gasteiger partial charge in [0.25, 0.3) is 0 Å². The average Bonchev–Trinajstić information content (AvgIpc) is 3.31. The molecule has 0 radical (unpaired) electrons. The molecular formula is C22H26FIN6. The van der Waals surface area contributed by atoms with Crippen molar-refractivity contribution in [1.82, 2.24) is 25.0 Å². The number of aromatic nitrogens is 3. The van der Waals surface area contributed by atoms with Gasteiger partial charge in [-0.05, 0) is 49.2 Å². The molecule has 0 saturated carbocycles. The highest BCUT2D eigenvalue weighted by Gasteiger charge is 2.06. The summed E-state index contributed by atoms with van der Waals surface area (Å²) in [5.74, 6) is 0.568. The van der Waals surface area contributed by atoms with Crippen LogP contribution in [0.4, 0.5) is 4.39 Å². The number of hydrogen-bond donors (Lipinski definition) is 3. The van der Waals surface area contributed by atoms with Crippen LogP contribution in [-0.2, 0) is 12.8 Å². The Morgan fingerprint density at radius 3 is 2.93 bits per heavy atom.